The van der Waals surface area contributed by atoms with E-state index in [0.717, 1.165) is 0 Å². The van der Waals surface area contributed by atoms with Gasteiger partial charge in [0.05, 0.1) is 17.1 Å². The molecule has 0 amide bonds. The van der Waals surface area contributed by atoms with Gasteiger partial charge in [-0.25, -0.2) is 8.42 Å². The van der Waals surface area contributed by atoms with Crippen molar-refractivity contribution >= 4 is 27.2 Å². The molecule has 0 saturated carbocycles. The maximum Gasteiger partial charge on any atom is 0.236 e. The molecule has 28 heavy (non-hydrogen) atoms. The van der Waals surface area contributed by atoms with E-state index in [9.17, 15) is 13.2 Å². The van der Waals surface area contributed by atoms with Gasteiger partial charge in [0.1, 0.15) is 0 Å². The van der Waals surface area contributed by atoms with Crippen LogP contribution in [0.2, 0.25) is 0 Å². The first-order valence-corrected chi connectivity index (χ1v) is 10.2. The van der Waals surface area contributed by atoms with E-state index in [-0.39, 0.29) is 11.5 Å². The first-order valence-electron chi connectivity index (χ1n) is 8.54. The molecule has 0 radical (unpaired) electrons. The van der Waals surface area contributed by atoms with E-state index in [0.29, 0.717) is 22.5 Å². The van der Waals surface area contributed by atoms with Crippen molar-refractivity contribution in [2.24, 2.45) is 0 Å². The number of para-hydroxylation sites is 2. The van der Waals surface area contributed by atoms with E-state index in [1.165, 1.54) is 18.5 Å². The van der Waals surface area contributed by atoms with Gasteiger partial charge in [-0.3, -0.25) is 14.5 Å². The van der Waals surface area contributed by atoms with Crippen LogP contribution in [0.3, 0.4) is 0 Å². The Morgan fingerprint density at radius 1 is 0.929 bits per heavy atom. The topological polar surface area (TPSA) is 88.2 Å². The molecule has 1 aromatic heterocycles. The molecule has 0 saturated heterocycles. The average Bonchev–Trinajstić information content (AvgIpc) is 2.70. The van der Waals surface area contributed by atoms with Crippen molar-refractivity contribution in [2.75, 3.05) is 10.0 Å². The van der Waals surface area contributed by atoms with E-state index in [4.69, 9.17) is 0 Å². The summed E-state index contributed by atoms with van der Waals surface area (Å²) in [5, 5.41) is 2.95. The van der Waals surface area contributed by atoms with Crippen LogP contribution in [0, 0.1) is 0 Å². The number of rotatable bonds is 8. The van der Waals surface area contributed by atoms with Crippen molar-refractivity contribution in [2.45, 2.75) is 5.75 Å². The Labute approximate surface area is 164 Å². The molecule has 0 unspecified atom stereocenters. The summed E-state index contributed by atoms with van der Waals surface area (Å²) in [5.74, 6) is -0.333. The number of hydrogen-bond donors (Lipinski definition) is 2. The number of allylic oxidation sites excluding steroid dienone is 1. The van der Waals surface area contributed by atoms with Gasteiger partial charge in [0.2, 0.25) is 10.0 Å². The molecular weight excluding hydrogens is 374 g/mol. The highest BCUT2D eigenvalue weighted by molar-refractivity contribution is 7.91. The van der Waals surface area contributed by atoms with E-state index in [1.54, 1.807) is 66.9 Å². The van der Waals surface area contributed by atoms with Crippen LogP contribution in [0.15, 0.2) is 91.4 Å². The van der Waals surface area contributed by atoms with Crippen LogP contribution < -0.4 is 10.0 Å². The molecular formula is C21H19N3O3S. The number of hydrogen-bond acceptors (Lipinski definition) is 5. The van der Waals surface area contributed by atoms with Crippen LogP contribution in [0.25, 0.3) is 0 Å². The fourth-order valence-electron chi connectivity index (χ4n) is 2.51. The van der Waals surface area contributed by atoms with Gasteiger partial charge in [-0.05, 0) is 29.8 Å². The summed E-state index contributed by atoms with van der Waals surface area (Å²) in [4.78, 5) is 16.0. The molecule has 0 fully saturated rings. The second-order valence-electron chi connectivity index (χ2n) is 5.98. The number of nitrogens with zero attached hydrogens (tertiary/aromatic N) is 1. The zero-order chi connectivity index (χ0) is 19.8. The predicted molar refractivity (Wildman–Crippen MR) is 110 cm³/mol. The first-order chi connectivity index (χ1) is 13.5. The zero-order valence-electron chi connectivity index (χ0n) is 14.9. The number of pyridine rings is 1. The monoisotopic (exact) mass is 393 g/mol. The highest BCUT2D eigenvalue weighted by Gasteiger charge is 2.13. The molecule has 6 nitrogen and oxygen atoms in total. The Hall–Kier alpha value is -3.45. The Balaban J connectivity index is 1.69. The van der Waals surface area contributed by atoms with Crippen molar-refractivity contribution in [1.82, 2.24) is 4.98 Å². The van der Waals surface area contributed by atoms with Crippen molar-refractivity contribution in [3.05, 3.63) is 103 Å². The fraction of sp³-hybridized carbons (Fsp3) is 0.0476. The molecule has 3 aromatic rings. The number of carbonyl (C=O) groups is 1. The molecule has 0 spiro atoms. The molecule has 142 valence electrons. The third kappa shape index (κ3) is 5.52. The van der Waals surface area contributed by atoms with Gasteiger partial charge in [-0.1, -0.05) is 42.5 Å². The van der Waals surface area contributed by atoms with Gasteiger partial charge in [-0.15, -0.1) is 0 Å². The first kappa shape index (κ1) is 19.3. The number of carbonyl (C=O) groups excluding carboxylic acids is 1. The third-order valence-corrected chi connectivity index (χ3v) is 5.06. The second-order valence-corrected chi connectivity index (χ2v) is 7.70. The lowest BCUT2D eigenvalue weighted by molar-refractivity contribution is 0.104. The Kier molecular flexibility index (Phi) is 6.18. The molecule has 0 aliphatic rings. The number of sulfonamides is 1. The average molecular weight is 393 g/mol. The van der Waals surface area contributed by atoms with Crippen molar-refractivity contribution in [3.63, 3.8) is 0 Å². The largest absolute Gasteiger partial charge is 0.360 e. The second kappa shape index (κ2) is 8.96. The molecule has 0 aliphatic heterocycles. The van der Waals surface area contributed by atoms with Crippen LogP contribution >= 0.6 is 0 Å². The predicted octanol–water partition coefficient (Wildman–Crippen LogP) is 3.83. The van der Waals surface area contributed by atoms with E-state index in [1.807, 2.05) is 6.07 Å². The molecule has 7 heteroatoms. The lowest BCUT2D eigenvalue weighted by Crippen LogP contribution is -2.15. The smallest absolute Gasteiger partial charge is 0.236 e. The van der Waals surface area contributed by atoms with Gasteiger partial charge in [0.25, 0.3) is 0 Å². The van der Waals surface area contributed by atoms with Gasteiger partial charge < -0.3 is 5.32 Å². The summed E-state index contributed by atoms with van der Waals surface area (Å²) in [5.41, 5.74) is 2.10. The SMILES string of the molecule is O=C(C=CNc1ccccc1NS(=O)(=O)Cc1ccccc1)c1cccnc1. The van der Waals surface area contributed by atoms with Crippen LogP contribution in [0.5, 0.6) is 0 Å². The summed E-state index contributed by atoms with van der Waals surface area (Å²) in [6, 6.07) is 19.2. The van der Waals surface area contributed by atoms with E-state index in [2.05, 4.69) is 15.0 Å². The molecule has 2 N–H and O–H groups in total. The summed E-state index contributed by atoms with van der Waals surface area (Å²) in [7, 11) is -3.58. The number of nitrogens with one attached hydrogen (secondary N) is 2. The minimum absolute atomic E-state index is 0.127. The molecule has 0 bridgehead atoms. The Morgan fingerprint density at radius 2 is 1.64 bits per heavy atom. The Bertz CT molecular complexity index is 1070. The minimum atomic E-state index is -3.58. The highest BCUT2D eigenvalue weighted by Crippen LogP contribution is 2.23. The summed E-state index contributed by atoms with van der Waals surface area (Å²) >= 11 is 0. The summed E-state index contributed by atoms with van der Waals surface area (Å²) in [6.07, 6.45) is 5.92. The highest BCUT2D eigenvalue weighted by atomic mass is 32.2. The van der Waals surface area contributed by atoms with Gasteiger partial charge in [0, 0.05) is 30.2 Å². The van der Waals surface area contributed by atoms with Crippen molar-refractivity contribution in [3.8, 4) is 0 Å². The minimum Gasteiger partial charge on any atom is -0.360 e. The third-order valence-electron chi connectivity index (χ3n) is 3.81. The number of anilines is 2. The number of benzene rings is 2. The lowest BCUT2D eigenvalue weighted by Gasteiger charge is -2.12. The summed E-state index contributed by atoms with van der Waals surface area (Å²) < 4.78 is 27.5. The van der Waals surface area contributed by atoms with Gasteiger partial charge in [-0.2, -0.15) is 0 Å². The molecule has 0 atom stereocenters. The normalized spacial score (nSPS) is 11.3. The maximum absolute atomic E-state index is 12.5. The standard InChI is InChI=1S/C21H19N3O3S/c25-21(18-9-6-13-22-15-18)12-14-23-19-10-4-5-11-20(19)24-28(26,27)16-17-7-2-1-3-8-17/h1-15,23-24H,16H2. The van der Waals surface area contributed by atoms with Crippen molar-refractivity contribution < 1.29 is 13.2 Å². The summed E-state index contributed by atoms with van der Waals surface area (Å²) in [6.45, 7) is 0. The van der Waals surface area contributed by atoms with E-state index >= 15 is 0 Å². The molecule has 0 aliphatic carbocycles. The van der Waals surface area contributed by atoms with Gasteiger partial charge in [0.15, 0.2) is 5.78 Å². The van der Waals surface area contributed by atoms with Crippen LogP contribution in [0.1, 0.15) is 15.9 Å². The fourth-order valence-corrected chi connectivity index (χ4v) is 3.72. The van der Waals surface area contributed by atoms with Crippen LogP contribution in [-0.4, -0.2) is 19.2 Å². The van der Waals surface area contributed by atoms with Crippen LogP contribution in [0.4, 0.5) is 11.4 Å². The van der Waals surface area contributed by atoms with Gasteiger partial charge >= 0.3 is 0 Å². The molecule has 3 rings (SSSR count). The molecule has 1 heterocycles. The number of ketones is 1. The molecule has 2 aromatic carbocycles. The zero-order valence-corrected chi connectivity index (χ0v) is 15.8. The number of aromatic nitrogens is 1. The van der Waals surface area contributed by atoms with Crippen LogP contribution in [-0.2, 0) is 15.8 Å². The lowest BCUT2D eigenvalue weighted by atomic mass is 10.2. The van der Waals surface area contributed by atoms with Crippen molar-refractivity contribution in [1.29, 1.82) is 0 Å². The maximum atomic E-state index is 12.5. The Morgan fingerprint density at radius 3 is 2.36 bits per heavy atom. The van der Waals surface area contributed by atoms with E-state index < -0.39 is 10.0 Å². The quantitative estimate of drug-likeness (QED) is 0.448.